The Morgan fingerprint density at radius 2 is 1.86 bits per heavy atom. The van der Waals surface area contributed by atoms with E-state index in [4.69, 9.17) is 9.16 Å². The van der Waals surface area contributed by atoms with Gasteiger partial charge in [0, 0.05) is 5.92 Å². The van der Waals surface area contributed by atoms with Crippen LogP contribution in [0.2, 0.25) is 18.1 Å². The molecule has 0 unspecified atom stereocenters. The summed E-state index contributed by atoms with van der Waals surface area (Å²) in [5.74, 6) is -0.141. The van der Waals surface area contributed by atoms with Crippen molar-refractivity contribution in [3.05, 3.63) is 12.2 Å². The molecule has 1 aliphatic heterocycles. The second kappa shape index (κ2) is 6.65. The molecule has 4 atom stereocenters. The summed E-state index contributed by atoms with van der Waals surface area (Å²) in [7, 11) is -1.90. The molecule has 0 saturated carbocycles. The Labute approximate surface area is 131 Å². The summed E-state index contributed by atoms with van der Waals surface area (Å²) < 4.78 is 12.1. The number of cyclic esters (lactones) is 1. The molecule has 0 aromatic carbocycles. The van der Waals surface area contributed by atoms with Gasteiger partial charge in [0.1, 0.15) is 6.10 Å². The predicted octanol–water partition coefficient (Wildman–Crippen LogP) is 4.54. The van der Waals surface area contributed by atoms with Gasteiger partial charge in [-0.1, -0.05) is 40.7 Å². The van der Waals surface area contributed by atoms with Crippen LogP contribution in [0.3, 0.4) is 0 Å². The normalized spacial score (nSPS) is 31.5. The van der Waals surface area contributed by atoms with Gasteiger partial charge in [0.2, 0.25) is 0 Å². The Morgan fingerprint density at radius 3 is 2.33 bits per heavy atom. The molecule has 0 aromatic rings. The summed E-state index contributed by atoms with van der Waals surface area (Å²) in [6, 6.07) is 0. The number of hydrogen-bond acceptors (Lipinski definition) is 3. The molecular weight excluding hydrogens is 280 g/mol. The Balaban J connectivity index is 2.97. The average molecular weight is 313 g/mol. The average Bonchev–Trinajstić information content (AvgIpc) is 2.36. The van der Waals surface area contributed by atoms with Crippen LogP contribution in [-0.2, 0) is 14.0 Å². The van der Waals surface area contributed by atoms with E-state index in [1.54, 1.807) is 0 Å². The Morgan fingerprint density at radius 1 is 1.29 bits per heavy atom. The first-order valence-corrected chi connectivity index (χ1v) is 11.0. The molecule has 0 N–H and O–H groups in total. The summed E-state index contributed by atoms with van der Waals surface area (Å²) in [5.41, 5.74) is 0. The standard InChI is InChI=1S/C17H32O3Si/c1-9-10-11-14-12(2)15(13(3)16(18)19-14)20-21(7,8)17(4,5)6/h10-15H,9H2,1-8H3/b11-10-/t12-,13+,14-,15-/m0/s1. The van der Waals surface area contributed by atoms with Gasteiger partial charge in [-0.3, -0.25) is 4.79 Å². The van der Waals surface area contributed by atoms with Gasteiger partial charge >= 0.3 is 5.97 Å². The molecule has 1 heterocycles. The highest BCUT2D eigenvalue weighted by Crippen LogP contribution is 2.41. The summed E-state index contributed by atoms with van der Waals surface area (Å²) in [5, 5.41) is 0.141. The Hall–Kier alpha value is -0.613. The van der Waals surface area contributed by atoms with Crippen LogP contribution < -0.4 is 0 Å². The molecule has 3 nitrogen and oxygen atoms in total. The fourth-order valence-corrected chi connectivity index (χ4v) is 3.79. The van der Waals surface area contributed by atoms with Crippen molar-refractivity contribution >= 4 is 14.3 Å². The van der Waals surface area contributed by atoms with Crippen molar-refractivity contribution in [2.75, 3.05) is 0 Å². The summed E-state index contributed by atoms with van der Waals surface area (Å²) in [6.07, 6.45) is 4.80. The first-order valence-electron chi connectivity index (χ1n) is 8.06. The van der Waals surface area contributed by atoms with E-state index < -0.39 is 8.32 Å². The smallest absolute Gasteiger partial charge is 0.311 e. The first-order chi connectivity index (χ1) is 9.51. The second-order valence-corrected chi connectivity index (χ2v) is 12.5. The highest BCUT2D eigenvalue weighted by molar-refractivity contribution is 6.74. The third-order valence-electron chi connectivity index (χ3n) is 4.95. The van der Waals surface area contributed by atoms with Gasteiger partial charge in [0.25, 0.3) is 0 Å². The topological polar surface area (TPSA) is 35.5 Å². The summed E-state index contributed by atoms with van der Waals surface area (Å²) in [6.45, 7) is 17.3. The zero-order valence-electron chi connectivity index (χ0n) is 14.9. The van der Waals surface area contributed by atoms with Gasteiger partial charge in [0.15, 0.2) is 8.32 Å². The highest BCUT2D eigenvalue weighted by atomic mass is 28.4. The lowest BCUT2D eigenvalue weighted by atomic mass is 9.86. The fraction of sp³-hybridized carbons (Fsp3) is 0.824. The van der Waals surface area contributed by atoms with Crippen LogP contribution in [0.4, 0.5) is 0 Å². The predicted molar refractivity (Wildman–Crippen MR) is 89.7 cm³/mol. The molecular formula is C17H32O3Si. The molecule has 0 amide bonds. The van der Waals surface area contributed by atoms with Gasteiger partial charge in [-0.2, -0.15) is 0 Å². The minimum Gasteiger partial charge on any atom is -0.457 e. The Bertz CT molecular complexity index is 395. The van der Waals surface area contributed by atoms with Crippen molar-refractivity contribution in [1.82, 2.24) is 0 Å². The van der Waals surface area contributed by atoms with Crippen molar-refractivity contribution in [3.63, 3.8) is 0 Å². The van der Waals surface area contributed by atoms with E-state index in [1.165, 1.54) is 0 Å². The summed E-state index contributed by atoms with van der Waals surface area (Å²) >= 11 is 0. The zero-order chi connectivity index (χ0) is 16.4. The lowest BCUT2D eigenvalue weighted by Crippen LogP contribution is -2.53. The van der Waals surface area contributed by atoms with E-state index in [0.717, 1.165) is 6.42 Å². The molecule has 122 valence electrons. The van der Waals surface area contributed by atoms with Crippen molar-refractivity contribution in [2.24, 2.45) is 11.8 Å². The number of esters is 1. The van der Waals surface area contributed by atoms with Gasteiger partial charge in [0.05, 0.1) is 12.0 Å². The molecule has 0 aromatic heterocycles. The highest BCUT2D eigenvalue weighted by Gasteiger charge is 2.47. The van der Waals surface area contributed by atoms with E-state index in [1.807, 2.05) is 13.0 Å². The maximum Gasteiger partial charge on any atom is 0.311 e. The molecule has 0 bridgehead atoms. The molecule has 0 aliphatic carbocycles. The summed E-state index contributed by atoms with van der Waals surface area (Å²) in [4.78, 5) is 12.1. The zero-order valence-corrected chi connectivity index (χ0v) is 15.9. The van der Waals surface area contributed by atoms with Crippen LogP contribution in [0.5, 0.6) is 0 Å². The third-order valence-corrected chi connectivity index (χ3v) is 9.43. The van der Waals surface area contributed by atoms with Crippen LogP contribution in [0.25, 0.3) is 0 Å². The van der Waals surface area contributed by atoms with E-state index in [0.29, 0.717) is 0 Å². The fourth-order valence-electron chi connectivity index (χ4n) is 2.34. The van der Waals surface area contributed by atoms with Gasteiger partial charge in [-0.25, -0.2) is 0 Å². The van der Waals surface area contributed by atoms with Gasteiger partial charge in [-0.15, -0.1) is 0 Å². The van der Waals surface area contributed by atoms with E-state index in [9.17, 15) is 4.79 Å². The maximum absolute atomic E-state index is 12.1. The van der Waals surface area contributed by atoms with Crippen molar-refractivity contribution in [3.8, 4) is 0 Å². The Kier molecular flexibility index (Phi) is 5.84. The van der Waals surface area contributed by atoms with Crippen LogP contribution >= 0.6 is 0 Å². The van der Waals surface area contributed by atoms with Gasteiger partial charge < -0.3 is 9.16 Å². The second-order valence-electron chi connectivity index (χ2n) is 7.73. The number of carbonyl (C=O) groups is 1. The quantitative estimate of drug-likeness (QED) is 0.434. The monoisotopic (exact) mass is 312 g/mol. The van der Waals surface area contributed by atoms with Gasteiger partial charge in [-0.05, 0) is 37.6 Å². The number of allylic oxidation sites excluding steroid dienone is 1. The van der Waals surface area contributed by atoms with E-state index in [-0.39, 0.29) is 35.1 Å². The number of rotatable bonds is 4. The number of carbonyl (C=O) groups excluding carboxylic acids is 1. The van der Waals surface area contributed by atoms with Crippen molar-refractivity contribution < 1.29 is 14.0 Å². The van der Waals surface area contributed by atoms with E-state index >= 15 is 0 Å². The third kappa shape index (κ3) is 4.19. The van der Waals surface area contributed by atoms with Crippen LogP contribution in [0, 0.1) is 11.8 Å². The maximum atomic E-state index is 12.1. The van der Waals surface area contributed by atoms with Crippen LogP contribution in [-0.4, -0.2) is 26.5 Å². The molecule has 1 rings (SSSR count). The van der Waals surface area contributed by atoms with Crippen molar-refractivity contribution in [1.29, 1.82) is 0 Å². The lowest BCUT2D eigenvalue weighted by Gasteiger charge is -2.45. The molecule has 0 spiro atoms. The molecule has 21 heavy (non-hydrogen) atoms. The largest absolute Gasteiger partial charge is 0.457 e. The van der Waals surface area contributed by atoms with Crippen molar-refractivity contribution in [2.45, 2.75) is 78.3 Å². The molecule has 1 fully saturated rings. The molecule has 4 heteroatoms. The number of ether oxygens (including phenoxy) is 1. The van der Waals surface area contributed by atoms with Crippen LogP contribution in [0.15, 0.2) is 12.2 Å². The minimum absolute atomic E-state index is 0.0568. The number of hydrogen-bond donors (Lipinski definition) is 0. The molecule has 0 radical (unpaired) electrons. The van der Waals surface area contributed by atoms with E-state index in [2.05, 4.69) is 53.8 Å². The van der Waals surface area contributed by atoms with Crippen LogP contribution in [0.1, 0.15) is 48.0 Å². The molecule has 1 aliphatic rings. The minimum atomic E-state index is -1.90. The lowest BCUT2D eigenvalue weighted by molar-refractivity contribution is -0.171. The first kappa shape index (κ1) is 18.4. The SMILES string of the molecule is CC/C=C\[C@@H]1OC(=O)[C@H](C)[C@@H](O[Si](C)(C)C(C)(C)C)[C@H]1C. The molecule has 1 saturated heterocycles.